The minimum Gasteiger partial charge on any atom is -0.454 e. The number of benzene rings is 2. The normalized spacial score (nSPS) is 14.7. The van der Waals surface area contributed by atoms with E-state index in [1.165, 1.54) is 0 Å². The number of aryl methyl sites for hydroxylation is 1. The van der Waals surface area contributed by atoms with Crippen molar-refractivity contribution in [1.29, 1.82) is 0 Å². The average Bonchev–Trinajstić information content (AvgIpc) is 3.08. The number of ether oxygens (including phenoxy) is 3. The number of carbonyl (C=O) groups excluding carboxylic acids is 2. The molecule has 7 heteroatoms. The van der Waals surface area contributed by atoms with Crippen LogP contribution in [-0.2, 0) is 16.1 Å². The smallest absolute Gasteiger partial charge is 0.331 e. The summed E-state index contributed by atoms with van der Waals surface area (Å²) in [6.07, 6.45) is 0. The van der Waals surface area contributed by atoms with E-state index in [2.05, 4.69) is 5.32 Å². The first kappa shape index (κ1) is 16.3. The summed E-state index contributed by atoms with van der Waals surface area (Å²) in [7, 11) is 0. The third kappa shape index (κ3) is 3.28. The van der Waals surface area contributed by atoms with Crippen LogP contribution in [0.25, 0.3) is 0 Å². The number of amides is 1. The molecule has 0 saturated heterocycles. The van der Waals surface area contributed by atoms with Gasteiger partial charge >= 0.3 is 5.97 Å². The van der Waals surface area contributed by atoms with Crippen molar-refractivity contribution in [3.05, 3.63) is 47.5 Å². The second kappa shape index (κ2) is 6.59. The minimum absolute atomic E-state index is 0.0495. The van der Waals surface area contributed by atoms with Gasteiger partial charge in [0.05, 0.1) is 12.2 Å². The quantitative estimate of drug-likeness (QED) is 0.666. The Bertz CT molecular complexity index is 880. The van der Waals surface area contributed by atoms with Gasteiger partial charge in [-0.2, -0.15) is 0 Å². The fourth-order valence-electron chi connectivity index (χ4n) is 2.98. The van der Waals surface area contributed by atoms with Crippen LogP contribution in [0.3, 0.4) is 0 Å². The molecule has 2 aromatic carbocycles. The van der Waals surface area contributed by atoms with Crippen molar-refractivity contribution >= 4 is 17.6 Å². The Balaban J connectivity index is 1.41. The van der Waals surface area contributed by atoms with Crippen LogP contribution in [0.15, 0.2) is 36.4 Å². The number of carbonyl (C=O) groups is 2. The standard InChI is InChI=1S/C19H18N2O5/c1-12-2-4-15-14(6-12)21(10-19(23)26-15)9-18(22)20-8-13-3-5-16-17(7-13)25-11-24-16/h2-7H,8-11H2,1H3,(H,20,22). The predicted molar refractivity (Wildman–Crippen MR) is 93.4 cm³/mol. The summed E-state index contributed by atoms with van der Waals surface area (Å²) in [5, 5.41) is 2.87. The molecule has 2 heterocycles. The first-order chi connectivity index (χ1) is 12.6. The highest BCUT2D eigenvalue weighted by Crippen LogP contribution is 2.33. The van der Waals surface area contributed by atoms with Crippen molar-refractivity contribution in [2.24, 2.45) is 0 Å². The van der Waals surface area contributed by atoms with Gasteiger partial charge in [-0.1, -0.05) is 12.1 Å². The SMILES string of the molecule is Cc1ccc2c(c1)N(CC(=O)NCc1ccc3c(c1)OCO3)CC(=O)O2. The molecular weight excluding hydrogens is 336 g/mol. The summed E-state index contributed by atoms with van der Waals surface area (Å²) in [5.74, 6) is 1.32. The zero-order valence-electron chi connectivity index (χ0n) is 14.3. The zero-order chi connectivity index (χ0) is 18.1. The number of rotatable bonds is 4. The average molecular weight is 354 g/mol. The van der Waals surface area contributed by atoms with E-state index in [9.17, 15) is 9.59 Å². The molecule has 4 rings (SSSR count). The van der Waals surface area contributed by atoms with E-state index in [1.807, 2.05) is 37.3 Å². The lowest BCUT2D eigenvalue weighted by molar-refractivity contribution is -0.133. The molecule has 0 atom stereocenters. The van der Waals surface area contributed by atoms with E-state index in [4.69, 9.17) is 14.2 Å². The molecule has 0 fully saturated rings. The molecule has 2 aromatic rings. The molecule has 0 bridgehead atoms. The molecule has 0 aliphatic carbocycles. The van der Waals surface area contributed by atoms with Crippen molar-refractivity contribution in [1.82, 2.24) is 5.32 Å². The summed E-state index contributed by atoms with van der Waals surface area (Å²) in [6.45, 7) is 2.67. The van der Waals surface area contributed by atoms with Gasteiger partial charge < -0.3 is 24.4 Å². The van der Waals surface area contributed by atoms with Crippen molar-refractivity contribution in [3.8, 4) is 17.2 Å². The third-order valence-corrected chi connectivity index (χ3v) is 4.26. The fourth-order valence-corrected chi connectivity index (χ4v) is 2.98. The lowest BCUT2D eigenvalue weighted by Crippen LogP contribution is -2.43. The topological polar surface area (TPSA) is 77.1 Å². The predicted octanol–water partition coefficient (Wildman–Crippen LogP) is 1.77. The Morgan fingerprint density at radius 3 is 2.81 bits per heavy atom. The number of nitrogens with zero attached hydrogens (tertiary/aromatic N) is 1. The van der Waals surface area contributed by atoms with Crippen LogP contribution < -0.4 is 24.4 Å². The number of esters is 1. The van der Waals surface area contributed by atoms with Gasteiger partial charge in [-0.05, 0) is 42.3 Å². The number of nitrogens with one attached hydrogen (secondary N) is 1. The van der Waals surface area contributed by atoms with E-state index in [-0.39, 0.29) is 31.8 Å². The molecular formula is C19H18N2O5. The molecule has 2 aliphatic heterocycles. The molecule has 0 unspecified atom stereocenters. The van der Waals surface area contributed by atoms with Crippen molar-refractivity contribution in [2.45, 2.75) is 13.5 Å². The van der Waals surface area contributed by atoms with Crippen LogP contribution in [-0.4, -0.2) is 31.8 Å². The number of hydrogen-bond donors (Lipinski definition) is 1. The first-order valence-corrected chi connectivity index (χ1v) is 8.30. The van der Waals surface area contributed by atoms with Crippen molar-refractivity contribution < 1.29 is 23.8 Å². The molecule has 0 radical (unpaired) electrons. The maximum Gasteiger partial charge on any atom is 0.331 e. The number of hydrogen-bond acceptors (Lipinski definition) is 6. The first-order valence-electron chi connectivity index (χ1n) is 8.30. The van der Waals surface area contributed by atoms with E-state index < -0.39 is 0 Å². The second-order valence-electron chi connectivity index (χ2n) is 6.27. The van der Waals surface area contributed by atoms with Gasteiger partial charge in [0.2, 0.25) is 12.7 Å². The van der Waals surface area contributed by atoms with Gasteiger partial charge in [-0.15, -0.1) is 0 Å². The molecule has 134 valence electrons. The summed E-state index contributed by atoms with van der Waals surface area (Å²) in [4.78, 5) is 25.9. The lowest BCUT2D eigenvalue weighted by atomic mass is 10.1. The third-order valence-electron chi connectivity index (χ3n) is 4.26. The van der Waals surface area contributed by atoms with Gasteiger partial charge in [0.25, 0.3) is 0 Å². The fraction of sp³-hybridized carbons (Fsp3) is 0.263. The summed E-state index contributed by atoms with van der Waals surface area (Å²) in [5.41, 5.74) is 2.70. The van der Waals surface area contributed by atoms with E-state index in [1.54, 1.807) is 11.0 Å². The second-order valence-corrected chi connectivity index (χ2v) is 6.27. The van der Waals surface area contributed by atoms with Crippen molar-refractivity contribution in [2.75, 3.05) is 24.8 Å². The van der Waals surface area contributed by atoms with Crippen LogP contribution in [0.4, 0.5) is 5.69 Å². The van der Waals surface area contributed by atoms with Gasteiger partial charge in [0, 0.05) is 6.54 Å². The minimum atomic E-state index is -0.370. The molecule has 1 N–H and O–H groups in total. The molecule has 0 spiro atoms. The van der Waals surface area contributed by atoms with Crippen LogP contribution >= 0.6 is 0 Å². The van der Waals surface area contributed by atoms with Gasteiger partial charge in [0.1, 0.15) is 6.54 Å². The highest BCUT2D eigenvalue weighted by atomic mass is 16.7. The summed E-state index contributed by atoms with van der Waals surface area (Å²) < 4.78 is 15.8. The van der Waals surface area contributed by atoms with Gasteiger partial charge in [-0.3, -0.25) is 4.79 Å². The monoisotopic (exact) mass is 354 g/mol. The molecule has 0 aromatic heterocycles. The molecule has 7 nitrogen and oxygen atoms in total. The Kier molecular flexibility index (Phi) is 4.12. The van der Waals surface area contributed by atoms with Gasteiger partial charge in [0.15, 0.2) is 17.2 Å². The highest BCUT2D eigenvalue weighted by molar-refractivity contribution is 5.89. The zero-order valence-corrected chi connectivity index (χ0v) is 14.3. The largest absolute Gasteiger partial charge is 0.454 e. The van der Waals surface area contributed by atoms with Crippen LogP contribution in [0.2, 0.25) is 0 Å². The summed E-state index contributed by atoms with van der Waals surface area (Å²) >= 11 is 0. The van der Waals surface area contributed by atoms with E-state index >= 15 is 0 Å². The molecule has 0 saturated carbocycles. The van der Waals surface area contributed by atoms with Crippen LogP contribution in [0.5, 0.6) is 17.2 Å². The Labute approximate surface area is 150 Å². The molecule has 2 aliphatic rings. The Hall–Kier alpha value is -3.22. The van der Waals surface area contributed by atoms with Crippen molar-refractivity contribution in [3.63, 3.8) is 0 Å². The lowest BCUT2D eigenvalue weighted by Gasteiger charge is -2.29. The maximum atomic E-state index is 12.4. The van der Waals surface area contributed by atoms with Gasteiger partial charge in [-0.25, -0.2) is 4.79 Å². The molecule has 1 amide bonds. The molecule has 26 heavy (non-hydrogen) atoms. The van der Waals surface area contributed by atoms with Crippen LogP contribution in [0, 0.1) is 6.92 Å². The maximum absolute atomic E-state index is 12.4. The van der Waals surface area contributed by atoms with E-state index in [0.717, 1.165) is 16.8 Å². The number of fused-ring (bicyclic) bond motifs is 2. The Morgan fingerprint density at radius 1 is 1.12 bits per heavy atom. The highest BCUT2D eigenvalue weighted by Gasteiger charge is 2.25. The van der Waals surface area contributed by atoms with E-state index in [0.29, 0.717) is 23.8 Å². The Morgan fingerprint density at radius 2 is 1.92 bits per heavy atom. The van der Waals surface area contributed by atoms with Crippen LogP contribution in [0.1, 0.15) is 11.1 Å². The summed E-state index contributed by atoms with van der Waals surface area (Å²) in [6, 6.07) is 11.1. The number of anilines is 1.